The third kappa shape index (κ3) is 4.59. The molecular weight excluding hydrogens is 472 g/mol. The van der Waals surface area contributed by atoms with Gasteiger partial charge in [0.2, 0.25) is 5.78 Å². The molecule has 8 nitrogen and oxygen atoms in total. The number of ketones is 1. The fourth-order valence-corrected chi connectivity index (χ4v) is 4.65. The minimum absolute atomic E-state index is 0.0139. The summed E-state index contributed by atoms with van der Waals surface area (Å²) >= 11 is 6.15. The highest BCUT2D eigenvalue weighted by atomic mass is 35.5. The summed E-state index contributed by atoms with van der Waals surface area (Å²) in [6, 6.07) is 10.1. The van der Waals surface area contributed by atoms with E-state index < -0.39 is 23.5 Å². The van der Waals surface area contributed by atoms with Gasteiger partial charge in [-0.05, 0) is 42.9 Å². The Morgan fingerprint density at radius 1 is 1.17 bits per heavy atom. The molecular formula is C26H27ClN2O6. The molecule has 1 amide bonds. The Labute approximate surface area is 207 Å². The maximum Gasteiger partial charge on any atom is 0.290 e. The number of aliphatic hydroxyl groups is 1. The SMILES string of the molecule is CCN(CC)CCN1C(=O)C(O)=C(C(=O)c2cc3cc(Cl)cc(OC)c3o2)C1c1cccc(O)c1. The van der Waals surface area contributed by atoms with E-state index in [0.717, 1.165) is 13.1 Å². The molecule has 2 aromatic carbocycles. The van der Waals surface area contributed by atoms with Crippen molar-refractivity contribution in [3.8, 4) is 11.5 Å². The van der Waals surface area contributed by atoms with Gasteiger partial charge in [-0.3, -0.25) is 9.59 Å². The zero-order valence-electron chi connectivity index (χ0n) is 19.7. The van der Waals surface area contributed by atoms with E-state index in [-0.39, 0.29) is 23.6 Å². The smallest absolute Gasteiger partial charge is 0.290 e. The van der Waals surface area contributed by atoms with Gasteiger partial charge in [0.25, 0.3) is 5.91 Å². The van der Waals surface area contributed by atoms with Crippen molar-refractivity contribution in [2.45, 2.75) is 19.9 Å². The van der Waals surface area contributed by atoms with Crippen LogP contribution in [0.15, 0.2) is 58.2 Å². The first-order chi connectivity index (χ1) is 16.8. The lowest BCUT2D eigenvalue weighted by atomic mass is 9.95. The van der Waals surface area contributed by atoms with Crippen molar-refractivity contribution in [2.24, 2.45) is 0 Å². The van der Waals surface area contributed by atoms with Crippen LogP contribution in [-0.4, -0.2) is 65.0 Å². The molecule has 1 aliphatic heterocycles. The van der Waals surface area contributed by atoms with Crippen molar-refractivity contribution in [1.29, 1.82) is 0 Å². The summed E-state index contributed by atoms with van der Waals surface area (Å²) in [5, 5.41) is 21.9. The summed E-state index contributed by atoms with van der Waals surface area (Å²) in [6.45, 7) is 6.48. The van der Waals surface area contributed by atoms with Gasteiger partial charge in [0.05, 0.1) is 18.7 Å². The number of rotatable bonds is 9. The first kappa shape index (κ1) is 24.6. The van der Waals surface area contributed by atoms with Gasteiger partial charge >= 0.3 is 0 Å². The number of hydrogen-bond donors (Lipinski definition) is 2. The number of carbonyl (C=O) groups is 2. The van der Waals surface area contributed by atoms with E-state index in [1.54, 1.807) is 24.3 Å². The number of likely N-dealkylation sites (N-methyl/N-ethyl adjacent to an activating group) is 1. The van der Waals surface area contributed by atoms with E-state index in [4.69, 9.17) is 20.8 Å². The zero-order valence-corrected chi connectivity index (χ0v) is 20.5. The van der Waals surface area contributed by atoms with Gasteiger partial charge in [0, 0.05) is 29.6 Å². The Bertz CT molecular complexity index is 1310. The number of aromatic hydroxyl groups is 1. The largest absolute Gasteiger partial charge is 0.508 e. The van der Waals surface area contributed by atoms with Crippen LogP contribution in [0.5, 0.6) is 11.5 Å². The lowest BCUT2D eigenvalue weighted by Gasteiger charge is -2.29. The molecule has 0 fully saturated rings. The Kier molecular flexibility index (Phi) is 7.05. The summed E-state index contributed by atoms with van der Waals surface area (Å²) in [7, 11) is 1.46. The van der Waals surface area contributed by atoms with Crippen molar-refractivity contribution in [3.05, 3.63) is 70.1 Å². The molecule has 0 bridgehead atoms. The lowest BCUT2D eigenvalue weighted by molar-refractivity contribution is -0.129. The van der Waals surface area contributed by atoms with E-state index in [9.17, 15) is 19.8 Å². The van der Waals surface area contributed by atoms with Crippen LogP contribution in [0.2, 0.25) is 5.02 Å². The summed E-state index contributed by atoms with van der Waals surface area (Å²) in [4.78, 5) is 30.4. The minimum Gasteiger partial charge on any atom is -0.508 e. The Morgan fingerprint density at radius 3 is 2.57 bits per heavy atom. The van der Waals surface area contributed by atoms with Gasteiger partial charge in [-0.25, -0.2) is 0 Å². The molecule has 0 spiro atoms. The van der Waals surface area contributed by atoms with Gasteiger partial charge in [-0.2, -0.15) is 0 Å². The molecule has 1 unspecified atom stereocenters. The number of furan rings is 1. The third-order valence-electron chi connectivity index (χ3n) is 6.28. The van der Waals surface area contributed by atoms with Crippen LogP contribution in [-0.2, 0) is 4.79 Å². The number of phenolic OH excluding ortho intramolecular Hbond substituents is 1. The Morgan fingerprint density at radius 2 is 1.91 bits per heavy atom. The first-order valence-electron chi connectivity index (χ1n) is 11.4. The number of nitrogens with zero attached hydrogens (tertiary/aromatic N) is 2. The van der Waals surface area contributed by atoms with Gasteiger partial charge in [0.15, 0.2) is 22.9 Å². The fourth-order valence-electron chi connectivity index (χ4n) is 4.43. The van der Waals surface area contributed by atoms with Gasteiger partial charge < -0.3 is 29.2 Å². The Balaban J connectivity index is 1.78. The van der Waals surface area contributed by atoms with Crippen LogP contribution in [0, 0.1) is 0 Å². The molecule has 35 heavy (non-hydrogen) atoms. The molecule has 4 rings (SSSR count). The molecule has 1 aromatic heterocycles. The maximum atomic E-state index is 13.7. The van der Waals surface area contributed by atoms with E-state index in [2.05, 4.69) is 4.90 Å². The number of hydrogen-bond acceptors (Lipinski definition) is 7. The third-order valence-corrected chi connectivity index (χ3v) is 6.49. The number of ether oxygens (including phenoxy) is 1. The standard InChI is InChI=1S/C26H27ClN2O6/c1-4-28(5-2)9-10-29-22(15-7-6-8-18(30)12-15)21(24(32)26(29)33)23(31)19-13-16-11-17(27)14-20(34-3)25(16)35-19/h6-8,11-14,22,30,32H,4-5,9-10H2,1-3H3. The predicted octanol–water partition coefficient (Wildman–Crippen LogP) is 4.72. The van der Waals surface area contributed by atoms with E-state index >= 15 is 0 Å². The van der Waals surface area contributed by atoms with E-state index in [1.165, 1.54) is 30.2 Å². The average molecular weight is 499 g/mol. The second-order valence-corrected chi connectivity index (χ2v) is 8.69. The van der Waals surface area contributed by atoms with Gasteiger partial charge in [0.1, 0.15) is 5.75 Å². The molecule has 3 aromatic rings. The molecule has 2 heterocycles. The fraction of sp³-hybridized carbons (Fsp3) is 0.308. The second-order valence-electron chi connectivity index (χ2n) is 8.25. The van der Waals surface area contributed by atoms with Crippen molar-refractivity contribution in [3.63, 3.8) is 0 Å². The Hall–Kier alpha value is -3.49. The summed E-state index contributed by atoms with van der Waals surface area (Å²) in [5.41, 5.74) is 0.725. The number of benzene rings is 2. The van der Waals surface area contributed by atoms with Crippen LogP contribution >= 0.6 is 11.6 Å². The number of phenols is 1. The highest BCUT2D eigenvalue weighted by Gasteiger charge is 2.44. The molecule has 0 saturated heterocycles. The molecule has 1 aliphatic rings. The summed E-state index contributed by atoms with van der Waals surface area (Å²) < 4.78 is 11.1. The number of carbonyl (C=O) groups excluding carboxylic acids is 2. The molecule has 9 heteroatoms. The van der Waals surface area contributed by atoms with Crippen molar-refractivity contribution < 1.29 is 29.0 Å². The second kappa shape index (κ2) is 10.0. The van der Waals surface area contributed by atoms with Crippen molar-refractivity contribution in [2.75, 3.05) is 33.3 Å². The monoisotopic (exact) mass is 498 g/mol. The van der Waals surface area contributed by atoms with E-state index in [1.807, 2.05) is 13.8 Å². The number of fused-ring (bicyclic) bond motifs is 1. The van der Waals surface area contributed by atoms with Crippen LogP contribution in [0.4, 0.5) is 0 Å². The zero-order chi connectivity index (χ0) is 25.3. The maximum absolute atomic E-state index is 13.7. The molecule has 0 saturated carbocycles. The number of aliphatic hydroxyl groups excluding tert-OH is 1. The highest BCUT2D eigenvalue weighted by molar-refractivity contribution is 6.31. The van der Waals surface area contributed by atoms with Crippen molar-refractivity contribution >= 4 is 34.3 Å². The topological polar surface area (TPSA) is 103 Å². The summed E-state index contributed by atoms with van der Waals surface area (Å²) in [6.07, 6.45) is 0. The minimum atomic E-state index is -0.892. The van der Waals surface area contributed by atoms with Gasteiger partial charge in [-0.15, -0.1) is 0 Å². The van der Waals surface area contributed by atoms with Crippen LogP contribution in [0.1, 0.15) is 36.0 Å². The quantitative estimate of drug-likeness (QED) is 0.411. The number of halogens is 1. The van der Waals surface area contributed by atoms with E-state index in [0.29, 0.717) is 33.8 Å². The summed E-state index contributed by atoms with van der Waals surface area (Å²) in [5.74, 6) is -1.63. The average Bonchev–Trinajstić information content (AvgIpc) is 3.38. The molecule has 0 radical (unpaired) electrons. The van der Waals surface area contributed by atoms with Crippen molar-refractivity contribution in [1.82, 2.24) is 9.80 Å². The predicted molar refractivity (Wildman–Crippen MR) is 132 cm³/mol. The molecule has 1 atom stereocenters. The van der Waals surface area contributed by atoms with Crippen LogP contribution in [0.25, 0.3) is 11.0 Å². The number of Topliss-reactive ketones (excluding diaryl/α,β-unsaturated/α-hetero) is 1. The number of methoxy groups -OCH3 is 1. The lowest BCUT2D eigenvalue weighted by Crippen LogP contribution is -2.38. The highest BCUT2D eigenvalue weighted by Crippen LogP contribution is 2.41. The molecule has 184 valence electrons. The first-order valence-corrected chi connectivity index (χ1v) is 11.7. The molecule has 0 aliphatic carbocycles. The van der Waals surface area contributed by atoms with Gasteiger partial charge in [-0.1, -0.05) is 37.6 Å². The normalized spacial score (nSPS) is 16.1. The van der Waals surface area contributed by atoms with Crippen LogP contribution < -0.4 is 4.74 Å². The molecule has 2 N–H and O–H groups in total. The van der Waals surface area contributed by atoms with Crippen LogP contribution in [0.3, 0.4) is 0 Å². The number of amides is 1.